The van der Waals surface area contributed by atoms with Crippen LogP contribution in [0.3, 0.4) is 0 Å². The number of piperidine rings is 1. The minimum absolute atomic E-state index is 0.0865. The molecule has 7 heteroatoms. The van der Waals surface area contributed by atoms with E-state index in [1.54, 1.807) is 0 Å². The fourth-order valence-electron chi connectivity index (χ4n) is 3.83. The van der Waals surface area contributed by atoms with Gasteiger partial charge >= 0.3 is 0 Å². The number of nitriles is 1. The van der Waals surface area contributed by atoms with Crippen LogP contribution in [0.15, 0.2) is 0 Å². The molecule has 26 heavy (non-hydrogen) atoms. The monoisotopic (exact) mass is 356 g/mol. The molecule has 7 nitrogen and oxygen atoms in total. The van der Waals surface area contributed by atoms with Crippen molar-refractivity contribution >= 4 is 11.7 Å². The summed E-state index contributed by atoms with van der Waals surface area (Å²) in [4.78, 5) is 26.0. The third-order valence-electron chi connectivity index (χ3n) is 5.65. The van der Waals surface area contributed by atoms with Crippen LogP contribution >= 0.6 is 0 Å². The molecule has 2 N–H and O–H groups in total. The number of nitrogens with two attached hydrogens (primary N) is 1. The van der Waals surface area contributed by atoms with Crippen molar-refractivity contribution in [3.05, 3.63) is 17.1 Å². The van der Waals surface area contributed by atoms with E-state index in [2.05, 4.69) is 20.9 Å². The summed E-state index contributed by atoms with van der Waals surface area (Å²) in [5.41, 5.74) is 7.90. The highest BCUT2D eigenvalue weighted by Gasteiger charge is 2.28. The average molecular weight is 356 g/mol. The summed E-state index contributed by atoms with van der Waals surface area (Å²) >= 11 is 0. The minimum Gasteiger partial charge on any atom is -0.355 e. The zero-order valence-electron chi connectivity index (χ0n) is 15.7. The van der Waals surface area contributed by atoms with E-state index >= 15 is 0 Å². The maximum atomic E-state index is 12.9. The number of rotatable bonds is 4. The molecule has 1 amide bonds. The Bertz CT molecular complexity index is 705. The molecule has 0 spiro atoms. The van der Waals surface area contributed by atoms with Crippen LogP contribution in [0.2, 0.25) is 0 Å². The lowest BCUT2D eigenvalue weighted by molar-refractivity contribution is 0.0674. The van der Waals surface area contributed by atoms with Gasteiger partial charge < -0.3 is 15.5 Å². The van der Waals surface area contributed by atoms with Crippen LogP contribution in [0.5, 0.6) is 0 Å². The van der Waals surface area contributed by atoms with Crippen molar-refractivity contribution < 1.29 is 4.79 Å². The Morgan fingerprint density at radius 2 is 1.96 bits per heavy atom. The van der Waals surface area contributed by atoms with Crippen molar-refractivity contribution in [2.45, 2.75) is 52.0 Å². The molecule has 0 bridgehead atoms. The topological polar surface area (TPSA) is 99.1 Å². The SMILES string of the molecule is Cc1nc(C(=O)N2CCC(CCC#N)CC2)nc(N2CC[C@@H](N)C2)c1C. The van der Waals surface area contributed by atoms with Gasteiger partial charge in [0.15, 0.2) is 0 Å². The van der Waals surface area contributed by atoms with E-state index in [1.165, 1.54) is 0 Å². The van der Waals surface area contributed by atoms with E-state index < -0.39 is 0 Å². The second-order valence-electron chi connectivity index (χ2n) is 7.51. The third-order valence-corrected chi connectivity index (χ3v) is 5.65. The summed E-state index contributed by atoms with van der Waals surface area (Å²) in [6.07, 6.45) is 4.37. The van der Waals surface area contributed by atoms with E-state index in [9.17, 15) is 4.79 Å². The fourth-order valence-corrected chi connectivity index (χ4v) is 3.83. The average Bonchev–Trinajstić information content (AvgIpc) is 3.08. The molecule has 0 aromatic carbocycles. The number of hydrogen-bond donors (Lipinski definition) is 1. The zero-order chi connectivity index (χ0) is 18.7. The maximum Gasteiger partial charge on any atom is 0.291 e. The van der Waals surface area contributed by atoms with Crippen LogP contribution in [0.25, 0.3) is 0 Å². The van der Waals surface area contributed by atoms with Crippen molar-refractivity contribution in [1.29, 1.82) is 5.26 Å². The van der Waals surface area contributed by atoms with Crippen molar-refractivity contribution in [2.75, 3.05) is 31.1 Å². The number of carbonyl (C=O) groups is 1. The molecule has 0 saturated carbocycles. The van der Waals surface area contributed by atoms with Gasteiger partial charge in [-0.1, -0.05) is 0 Å². The van der Waals surface area contributed by atoms with Crippen LogP contribution in [0.4, 0.5) is 5.82 Å². The lowest BCUT2D eigenvalue weighted by Gasteiger charge is -2.31. The number of likely N-dealkylation sites (tertiary alicyclic amines) is 1. The number of nitrogens with zero attached hydrogens (tertiary/aromatic N) is 5. The van der Waals surface area contributed by atoms with Gasteiger partial charge in [-0.05, 0) is 45.4 Å². The number of aromatic nitrogens is 2. The van der Waals surface area contributed by atoms with E-state index in [0.29, 0.717) is 18.2 Å². The molecule has 2 fully saturated rings. The van der Waals surface area contributed by atoms with E-state index in [0.717, 1.165) is 68.9 Å². The molecule has 2 aliphatic rings. The smallest absolute Gasteiger partial charge is 0.291 e. The first-order valence-electron chi connectivity index (χ1n) is 9.51. The normalized spacial score (nSPS) is 21.1. The summed E-state index contributed by atoms with van der Waals surface area (Å²) in [5, 5.41) is 8.72. The van der Waals surface area contributed by atoms with Gasteiger partial charge in [-0.2, -0.15) is 5.26 Å². The number of amides is 1. The Morgan fingerprint density at radius 3 is 2.58 bits per heavy atom. The Hall–Kier alpha value is -2.20. The van der Waals surface area contributed by atoms with Crippen LogP contribution in [-0.2, 0) is 0 Å². The van der Waals surface area contributed by atoms with Crippen LogP contribution < -0.4 is 10.6 Å². The van der Waals surface area contributed by atoms with E-state index in [4.69, 9.17) is 11.0 Å². The van der Waals surface area contributed by atoms with Crippen LogP contribution in [0.1, 0.15) is 54.0 Å². The Kier molecular flexibility index (Phi) is 5.72. The second kappa shape index (κ2) is 8.00. The third kappa shape index (κ3) is 3.96. The van der Waals surface area contributed by atoms with Crippen LogP contribution in [0, 0.1) is 31.1 Å². The molecule has 2 saturated heterocycles. The number of hydrogen-bond acceptors (Lipinski definition) is 6. The largest absolute Gasteiger partial charge is 0.355 e. The minimum atomic E-state index is -0.0865. The van der Waals surface area contributed by atoms with Gasteiger partial charge in [-0.15, -0.1) is 0 Å². The Morgan fingerprint density at radius 1 is 1.23 bits per heavy atom. The highest BCUT2D eigenvalue weighted by atomic mass is 16.2. The summed E-state index contributed by atoms with van der Waals surface area (Å²) in [6.45, 7) is 7.01. The summed E-state index contributed by atoms with van der Waals surface area (Å²) in [6, 6.07) is 2.37. The van der Waals surface area contributed by atoms with Crippen LogP contribution in [-0.4, -0.2) is 53.0 Å². The van der Waals surface area contributed by atoms with Gasteiger partial charge in [-0.3, -0.25) is 4.79 Å². The zero-order valence-corrected chi connectivity index (χ0v) is 15.7. The molecular formula is C19H28N6O. The van der Waals surface area contributed by atoms with Gasteiger partial charge in [0.2, 0.25) is 5.82 Å². The van der Waals surface area contributed by atoms with E-state index in [1.807, 2.05) is 18.7 Å². The maximum absolute atomic E-state index is 12.9. The number of anilines is 1. The molecule has 1 aromatic rings. The lowest BCUT2D eigenvalue weighted by Crippen LogP contribution is -2.39. The van der Waals surface area contributed by atoms with Gasteiger partial charge in [0.05, 0.1) is 6.07 Å². The molecule has 0 radical (unpaired) electrons. The van der Waals surface area contributed by atoms with E-state index in [-0.39, 0.29) is 11.9 Å². The highest BCUT2D eigenvalue weighted by Crippen LogP contribution is 2.25. The molecular weight excluding hydrogens is 328 g/mol. The summed E-state index contributed by atoms with van der Waals surface area (Å²) in [7, 11) is 0. The molecule has 140 valence electrons. The molecule has 3 heterocycles. The molecule has 1 aromatic heterocycles. The first kappa shape index (κ1) is 18.6. The first-order chi connectivity index (χ1) is 12.5. The van der Waals surface area contributed by atoms with Crippen molar-refractivity contribution in [3.63, 3.8) is 0 Å². The van der Waals surface area contributed by atoms with Gasteiger partial charge in [0.25, 0.3) is 5.91 Å². The molecule has 0 unspecified atom stereocenters. The molecule has 2 aliphatic heterocycles. The molecule has 3 rings (SSSR count). The Balaban J connectivity index is 1.72. The standard InChI is InChI=1S/C19H28N6O/c1-13-14(2)22-17(23-18(13)25-11-7-16(21)12-25)19(26)24-9-5-15(6-10-24)4-3-8-20/h15-16H,3-7,9-12,21H2,1-2H3/t16-/m1/s1. The lowest BCUT2D eigenvalue weighted by atomic mass is 9.92. The summed E-state index contributed by atoms with van der Waals surface area (Å²) < 4.78 is 0. The Labute approximate surface area is 155 Å². The molecule has 1 atom stereocenters. The van der Waals surface area contributed by atoms with Gasteiger partial charge in [-0.25, -0.2) is 9.97 Å². The predicted molar refractivity (Wildman–Crippen MR) is 99.8 cm³/mol. The van der Waals surface area contributed by atoms with Crippen molar-refractivity contribution in [1.82, 2.24) is 14.9 Å². The highest BCUT2D eigenvalue weighted by molar-refractivity contribution is 5.91. The predicted octanol–water partition coefficient (Wildman–Crippen LogP) is 1.79. The van der Waals surface area contributed by atoms with Crippen molar-refractivity contribution in [2.24, 2.45) is 11.7 Å². The first-order valence-corrected chi connectivity index (χ1v) is 9.51. The van der Waals surface area contributed by atoms with Crippen molar-refractivity contribution in [3.8, 4) is 6.07 Å². The quantitative estimate of drug-likeness (QED) is 0.883. The van der Waals surface area contributed by atoms with Gasteiger partial charge in [0.1, 0.15) is 5.82 Å². The summed E-state index contributed by atoms with van der Waals surface area (Å²) in [5.74, 6) is 1.59. The second-order valence-corrected chi connectivity index (χ2v) is 7.51. The fraction of sp³-hybridized carbons (Fsp3) is 0.684. The number of carbonyl (C=O) groups excluding carboxylic acids is 1. The van der Waals surface area contributed by atoms with Gasteiger partial charge in [0, 0.05) is 49.9 Å². The number of aryl methyl sites for hydroxylation is 1. The molecule has 0 aliphatic carbocycles.